The molecule has 3 rings (SSSR count). The number of halogens is 2. The third kappa shape index (κ3) is 2.80. The number of amides is 1. The van der Waals surface area contributed by atoms with Crippen LogP contribution in [0.15, 0.2) is 30.3 Å². The fraction of sp³-hybridized carbons (Fsp3) is 0.176. The number of fused-ring (bicyclic) bond motifs is 1. The summed E-state index contributed by atoms with van der Waals surface area (Å²) in [5, 5.41) is 10.6. The summed E-state index contributed by atoms with van der Waals surface area (Å²) in [5.74, 6) is -2.93. The van der Waals surface area contributed by atoms with Gasteiger partial charge in [0, 0.05) is 23.2 Å². The number of hydrogen-bond acceptors (Lipinski definition) is 3. The van der Waals surface area contributed by atoms with Crippen LogP contribution in [0.5, 0.6) is 5.75 Å². The van der Waals surface area contributed by atoms with Crippen molar-refractivity contribution in [2.24, 2.45) is 0 Å². The number of nitrogens with zero attached hydrogens (tertiary/aromatic N) is 1. The third-order valence-electron chi connectivity index (χ3n) is 3.75. The molecule has 0 unspecified atom stereocenters. The van der Waals surface area contributed by atoms with E-state index in [4.69, 9.17) is 0 Å². The number of nitrogens with one attached hydrogen (secondary N) is 2. The molecule has 0 atom stereocenters. The van der Waals surface area contributed by atoms with Crippen molar-refractivity contribution < 1.29 is 18.3 Å². The number of H-pyrrole nitrogens is 1. The van der Waals surface area contributed by atoms with Gasteiger partial charge in [0.1, 0.15) is 0 Å². The van der Waals surface area contributed by atoms with Crippen LogP contribution in [0.2, 0.25) is 0 Å². The molecule has 1 heterocycles. The second kappa shape index (κ2) is 6.27. The summed E-state index contributed by atoms with van der Waals surface area (Å²) in [6, 6.07) is 7.44. The van der Waals surface area contributed by atoms with E-state index in [1.807, 2.05) is 25.1 Å². The Morgan fingerprint density at radius 2 is 2.00 bits per heavy atom. The number of benzene rings is 2. The van der Waals surface area contributed by atoms with Crippen LogP contribution in [0.1, 0.15) is 21.6 Å². The van der Waals surface area contributed by atoms with Crippen LogP contribution in [0.4, 0.5) is 8.78 Å². The lowest BCUT2D eigenvalue weighted by Crippen LogP contribution is -2.23. The van der Waals surface area contributed by atoms with Crippen LogP contribution in [0, 0.1) is 18.6 Å². The van der Waals surface area contributed by atoms with Crippen molar-refractivity contribution in [1.29, 1.82) is 0 Å². The Bertz CT molecular complexity index is 898. The number of carbonyl (C=O) groups is 1. The van der Waals surface area contributed by atoms with Crippen molar-refractivity contribution in [3.05, 3.63) is 58.8 Å². The van der Waals surface area contributed by atoms with Crippen molar-refractivity contribution in [3.8, 4) is 5.75 Å². The van der Waals surface area contributed by atoms with E-state index in [-0.39, 0.29) is 12.1 Å². The molecule has 1 amide bonds. The Hall–Kier alpha value is -2.96. The summed E-state index contributed by atoms with van der Waals surface area (Å²) in [4.78, 5) is 12.2. The first kappa shape index (κ1) is 15.9. The summed E-state index contributed by atoms with van der Waals surface area (Å²) in [5.41, 5.74) is 2.43. The number of hydrogen-bond donors (Lipinski definition) is 2. The molecule has 1 aromatic heterocycles. The molecular weight excluding hydrogens is 316 g/mol. The zero-order valence-electron chi connectivity index (χ0n) is 13.1. The van der Waals surface area contributed by atoms with E-state index < -0.39 is 23.3 Å². The van der Waals surface area contributed by atoms with Gasteiger partial charge in [0.25, 0.3) is 5.91 Å². The lowest BCUT2D eigenvalue weighted by molar-refractivity contribution is 0.0950. The average molecular weight is 331 g/mol. The fourth-order valence-electron chi connectivity index (χ4n) is 2.62. The summed E-state index contributed by atoms with van der Waals surface area (Å²) in [7, 11) is 1.16. The smallest absolute Gasteiger partial charge is 0.251 e. The van der Waals surface area contributed by atoms with Gasteiger partial charge in [-0.15, -0.1) is 0 Å². The highest BCUT2D eigenvalue weighted by Gasteiger charge is 2.16. The van der Waals surface area contributed by atoms with Gasteiger partial charge < -0.3 is 10.1 Å². The standard InChI is InChI=1S/C17H15F2N3O2/c1-9-15-10(4-3-5-14(15)22-21-9)8-20-17(23)11-6-12(18)16(24-2)13(19)7-11/h3-7H,8H2,1-2H3,(H,20,23)(H,21,22). The molecule has 0 spiro atoms. The molecule has 0 bridgehead atoms. The predicted molar refractivity (Wildman–Crippen MR) is 84.9 cm³/mol. The van der Waals surface area contributed by atoms with Gasteiger partial charge in [0.05, 0.1) is 12.6 Å². The van der Waals surface area contributed by atoms with E-state index in [0.29, 0.717) is 0 Å². The molecule has 124 valence electrons. The lowest BCUT2D eigenvalue weighted by atomic mass is 10.1. The Morgan fingerprint density at radius 3 is 2.67 bits per heavy atom. The minimum Gasteiger partial charge on any atom is -0.491 e. The Kier molecular flexibility index (Phi) is 4.16. The molecular formula is C17H15F2N3O2. The number of ether oxygens (including phenoxy) is 1. The molecule has 0 saturated carbocycles. The first-order chi connectivity index (χ1) is 11.5. The van der Waals surface area contributed by atoms with Gasteiger partial charge >= 0.3 is 0 Å². The van der Waals surface area contributed by atoms with Gasteiger partial charge in [-0.25, -0.2) is 8.78 Å². The zero-order chi connectivity index (χ0) is 17.3. The van der Waals surface area contributed by atoms with Gasteiger partial charge in [-0.2, -0.15) is 5.10 Å². The first-order valence-electron chi connectivity index (χ1n) is 7.25. The molecule has 0 aliphatic rings. The quantitative estimate of drug-likeness (QED) is 0.772. The largest absolute Gasteiger partial charge is 0.491 e. The number of aryl methyl sites for hydroxylation is 1. The number of rotatable bonds is 4. The minimum atomic E-state index is -0.921. The van der Waals surface area contributed by atoms with Crippen molar-refractivity contribution in [2.45, 2.75) is 13.5 Å². The van der Waals surface area contributed by atoms with Crippen molar-refractivity contribution in [3.63, 3.8) is 0 Å². The summed E-state index contributed by atoms with van der Waals surface area (Å²) >= 11 is 0. The molecule has 3 aromatic rings. The monoisotopic (exact) mass is 331 g/mol. The Balaban J connectivity index is 1.82. The first-order valence-corrected chi connectivity index (χ1v) is 7.25. The second-order valence-corrected chi connectivity index (χ2v) is 5.32. The molecule has 0 saturated heterocycles. The van der Waals surface area contributed by atoms with Crippen LogP contribution in [0.25, 0.3) is 10.9 Å². The molecule has 0 radical (unpaired) electrons. The maximum absolute atomic E-state index is 13.7. The number of carbonyl (C=O) groups excluding carboxylic acids is 1. The number of methoxy groups -OCH3 is 1. The highest BCUT2D eigenvalue weighted by molar-refractivity contribution is 5.94. The topological polar surface area (TPSA) is 67.0 Å². The van der Waals surface area contributed by atoms with E-state index in [0.717, 1.165) is 41.4 Å². The Labute approximate surface area is 136 Å². The van der Waals surface area contributed by atoms with Gasteiger partial charge in [-0.05, 0) is 30.7 Å². The Morgan fingerprint density at radius 1 is 1.29 bits per heavy atom. The summed E-state index contributed by atoms with van der Waals surface area (Å²) < 4.78 is 32.0. The van der Waals surface area contributed by atoms with Gasteiger partial charge in [0.15, 0.2) is 17.4 Å². The van der Waals surface area contributed by atoms with Crippen LogP contribution >= 0.6 is 0 Å². The van der Waals surface area contributed by atoms with Gasteiger partial charge in [0.2, 0.25) is 0 Å². The van der Waals surface area contributed by atoms with Crippen LogP contribution in [0.3, 0.4) is 0 Å². The average Bonchev–Trinajstić information content (AvgIpc) is 2.94. The predicted octanol–water partition coefficient (Wildman–Crippen LogP) is 3.09. The van der Waals surface area contributed by atoms with Crippen LogP contribution in [-0.2, 0) is 6.54 Å². The summed E-state index contributed by atoms with van der Waals surface area (Å²) in [6.07, 6.45) is 0. The maximum atomic E-state index is 13.7. The molecule has 2 N–H and O–H groups in total. The normalized spacial score (nSPS) is 10.8. The zero-order valence-corrected chi connectivity index (χ0v) is 13.1. The maximum Gasteiger partial charge on any atom is 0.251 e. The second-order valence-electron chi connectivity index (χ2n) is 5.32. The van der Waals surface area contributed by atoms with E-state index in [1.165, 1.54) is 0 Å². The molecule has 0 aliphatic heterocycles. The third-order valence-corrected chi connectivity index (χ3v) is 3.75. The van der Waals surface area contributed by atoms with E-state index in [2.05, 4.69) is 20.3 Å². The summed E-state index contributed by atoms with van der Waals surface area (Å²) in [6.45, 7) is 2.10. The number of aromatic nitrogens is 2. The fourth-order valence-corrected chi connectivity index (χ4v) is 2.62. The van der Waals surface area contributed by atoms with E-state index in [9.17, 15) is 13.6 Å². The highest BCUT2D eigenvalue weighted by Crippen LogP contribution is 2.23. The van der Waals surface area contributed by atoms with E-state index in [1.54, 1.807) is 0 Å². The number of aromatic amines is 1. The molecule has 0 aliphatic carbocycles. The van der Waals surface area contributed by atoms with Crippen LogP contribution in [-0.4, -0.2) is 23.2 Å². The van der Waals surface area contributed by atoms with Crippen molar-refractivity contribution >= 4 is 16.8 Å². The SMILES string of the molecule is COc1c(F)cc(C(=O)NCc2cccc3n[nH]c(C)c23)cc1F. The van der Waals surface area contributed by atoms with Crippen LogP contribution < -0.4 is 10.1 Å². The molecule has 2 aromatic carbocycles. The molecule has 7 heteroatoms. The van der Waals surface area contributed by atoms with Gasteiger partial charge in [-0.1, -0.05) is 12.1 Å². The molecule has 5 nitrogen and oxygen atoms in total. The van der Waals surface area contributed by atoms with E-state index >= 15 is 0 Å². The van der Waals surface area contributed by atoms with Crippen molar-refractivity contribution in [1.82, 2.24) is 15.5 Å². The molecule has 24 heavy (non-hydrogen) atoms. The van der Waals surface area contributed by atoms with Gasteiger partial charge in [-0.3, -0.25) is 9.89 Å². The lowest BCUT2D eigenvalue weighted by Gasteiger charge is -2.09. The highest BCUT2D eigenvalue weighted by atomic mass is 19.1. The van der Waals surface area contributed by atoms with Crippen molar-refractivity contribution in [2.75, 3.05) is 7.11 Å². The molecule has 0 fully saturated rings. The minimum absolute atomic E-state index is 0.109.